The third-order valence-electron chi connectivity index (χ3n) is 4.10. The van der Waals surface area contributed by atoms with E-state index in [1.165, 1.54) is 0 Å². The Kier molecular flexibility index (Phi) is 4.30. The van der Waals surface area contributed by atoms with Gasteiger partial charge in [-0.3, -0.25) is 9.48 Å². The fraction of sp³-hybridized carbons (Fsp3) is 0.105. The highest BCUT2D eigenvalue weighted by atomic mass is 79.9. The third kappa shape index (κ3) is 3.01. The van der Waals surface area contributed by atoms with Crippen LogP contribution in [0, 0.1) is 0 Å². The summed E-state index contributed by atoms with van der Waals surface area (Å²) in [4.78, 5) is 16.6. The molecule has 2 aromatic carbocycles. The Morgan fingerprint density at radius 2 is 2.04 bits per heavy atom. The van der Waals surface area contributed by atoms with Crippen LogP contribution in [0.5, 0.6) is 5.75 Å². The van der Waals surface area contributed by atoms with Crippen LogP contribution < -0.4 is 10.1 Å². The molecule has 4 rings (SSSR count). The molecule has 0 fully saturated rings. The lowest BCUT2D eigenvalue weighted by Gasteiger charge is -2.11. The molecule has 4 aromatic rings. The number of anilines is 1. The van der Waals surface area contributed by atoms with Crippen LogP contribution in [-0.2, 0) is 11.8 Å². The van der Waals surface area contributed by atoms with Crippen LogP contribution in [0.1, 0.15) is 0 Å². The van der Waals surface area contributed by atoms with Gasteiger partial charge in [0.15, 0.2) is 12.3 Å². The zero-order valence-electron chi connectivity index (χ0n) is 13.9. The minimum Gasteiger partial charge on any atom is -0.483 e. The summed E-state index contributed by atoms with van der Waals surface area (Å²) in [5.74, 6) is 0.376. The number of halogens is 1. The number of fused-ring (bicyclic) bond motifs is 2. The molecular formula is C19H15BrN4O2. The Balaban J connectivity index is 1.50. The predicted molar refractivity (Wildman–Crippen MR) is 104 cm³/mol. The number of aryl methyl sites for hydroxylation is 1. The maximum absolute atomic E-state index is 12.3. The molecule has 0 aliphatic rings. The smallest absolute Gasteiger partial charge is 0.262 e. The van der Waals surface area contributed by atoms with Crippen molar-refractivity contribution in [1.82, 2.24) is 14.8 Å². The van der Waals surface area contributed by atoms with E-state index < -0.39 is 0 Å². The van der Waals surface area contributed by atoms with Crippen molar-refractivity contribution in [3.8, 4) is 5.75 Å². The molecular weight excluding hydrogens is 396 g/mol. The lowest BCUT2D eigenvalue weighted by atomic mass is 10.1. The van der Waals surface area contributed by atoms with Gasteiger partial charge in [-0.1, -0.05) is 30.3 Å². The van der Waals surface area contributed by atoms with Gasteiger partial charge < -0.3 is 10.1 Å². The number of hydrogen-bond acceptors (Lipinski definition) is 4. The van der Waals surface area contributed by atoms with Gasteiger partial charge >= 0.3 is 0 Å². The molecule has 130 valence electrons. The number of nitrogens with one attached hydrogen (secondary N) is 1. The Morgan fingerprint density at radius 1 is 1.19 bits per heavy atom. The van der Waals surface area contributed by atoms with Gasteiger partial charge in [-0.15, -0.1) is 0 Å². The number of rotatable bonds is 4. The SMILES string of the molecule is Cn1ncc2c(NC(=O)COc3ccc4ccccc4c3Br)ccnc21. The first-order chi connectivity index (χ1) is 12.6. The number of pyridine rings is 1. The first kappa shape index (κ1) is 16.5. The van der Waals surface area contributed by atoms with Gasteiger partial charge in [0, 0.05) is 13.2 Å². The molecule has 0 radical (unpaired) electrons. The summed E-state index contributed by atoms with van der Waals surface area (Å²) in [6.45, 7) is -0.0962. The van der Waals surface area contributed by atoms with E-state index >= 15 is 0 Å². The number of benzene rings is 2. The van der Waals surface area contributed by atoms with Gasteiger partial charge in [0.2, 0.25) is 0 Å². The van der Waals surface area contributed by atoms with Crippen molar-refractivity contribution < 1.29 is 9.53 Å². The summed E-state index contributed by atoms with van der Waals surface area (Å²) in [5, 5.41) is 9.95. The highest BCUT2D eigenvalue weighted by Crippen LogP contribution is 2.33. The zero-order valence-corrected chi connectivity index (χ0v) is 15.5. The first-order valence-corrected chi connectivity index (χ1v) is 8.79. The summed E-state index contributed by atoms with van der Waals surface area (Å²) in [7, 11) is 1.81. The molecule has 0 spiro atoms. The van der Waals surface area contributed by atoms with Crippen LogP contribution in [0.3, 0.4) is 0 Å². The maximum atomic E-state index is 12.3. The van der Waals surface area contributed by atoms with Crippen molar-refractivity contribution in [3.05, 3.63) is 59.3 Å². The lowest BCUT2D eigenvalue weighted by molar-refractivity contribution is -0.118. The third-order valence-corrected chi connectivity index (χ3v) is 4.91. The first-order valence-electron chi connectivity index (χ1n) is 8.00. The van der Waals surface area contributed by atoms with E-state index in [9.17, 15) is 4.79 Å². The Morgan fingerprint density at radius 3 is 2.92 bits per heavy atom. The van der Waals surface area contributed by atoms with Gasteiger partial charge in [0.1, 0.15) is 5.75 Å². The van der Waals surface area contributed by atoms with Crippen LogP contribution in [0.2, 0.25) is 0 Å². The highest BCUT2D eigenvalue weighted by Gasteiger charge is 2.11. The average Bonchev–Trinajstić information content (AvgIpc) is 3.04. The summed E-state index contributed by atoms with van der Waals surface area (Å²) < 4.78 is 8.20. The van der Waals surface area contributed by atoms with E-state index in [-0.39, 0.29) is 12.5 Å². The maximum Gasteiger partial charge on any atom is 0.262 e. The normalized spacial score (nSPS) is 11.0. The van der Waals surface area contributed by atoms with E-state index in [1.54, 1.807) is 30.2 Å². The molecule has 2 heterocycles. The summed E-state index contributed by atoms with van der Waals surface area (Å²) >= 11 is 3.56. The molecule has 0 aliphatic heterocycles. The second kappa shape index (κ2) is 6.76. The van der Waals surface area contributed by atoms with Crippen molar-refractivity contribution >= 4 is 49.3 Å². The number of aromatic nitrogens is 3. The van der Waals surface area contributed by atoms with Crippen molar-refractivity contribution in [2.24, 2.45) is 7.05 Å². The Labute approximate surface area is 157 Å². The number of hydrogen-bond donors (Lipinski definition) is 1. The van der Waals surface area contributed by atoms with Crippen molar-refractivity contribution in [3.63, 3.8) is 0 Å². The van der Waals surface area contributed by atoms with Crippen LogP contribution >= 0.6 is 15.9 Å². The second-order valence-electron chi connectivity index (χ2n) is 5.80. The van der Waals surface area contributed by atoms with Crippen LogP contribution in [0.4, 0.5) is 5.69 Å². The molecule has 6 nitrogen and oxygen atoms in total. The highest BCUT2D eigenvalue weighted by molar-refractivity contribution is 9.10. The number of carbonyl (C=O) groups excluding carboxylic acids is 1. The van der Waals surface area contributed by atoms with Gasteiger partial charge in [-0.2, -0.15) is 5.10 Å². The number of amides is 1. The molecule has 0 atom stereocenters. The molecule has 1 amide bonds. The van der Waals surface area contributed by atoms with Crippen molar-refractivity contribution in [1.29, 1.82) is 0 Å². The molecule has 0 bridgehead atoms. The van der Waals surface area contributed by atoms with E-state index in [2.05, 4.69) is 31.3 Å². The molecule has 0 saturated carbocycles. The van der Waals surface area contributed by atoms with Gasteiger partial charge in [-0.05, 0) is 38.8 Å². The number of ether oxygens (including phenoxy) is 1. The van der Waals surface area contributed by atoms with Gasteiger partial charge in [-0.25, -0.2) is 4.98 Å². The van der Waals surface area contributed by atoms with E-state index in [4.69, 9.17) is 4.74 Å². The largest absolute Gasteiger partial charge is 0.483 e. The van der Waals surface area contributed by atoms with E-state index in [0.29, 0.717) is 17.1 Å². The second-order valence-corrected chi connectivity index (χ2v) is 6.59. The van der Waals surface area contributed by atoms with E-state index in [0.717, 1.165) is 20.6 Å². The monoisotopic (exact) mass is 410 g/mol. The summed E-state index contributed by atoms with van der Waals surface area (Å²) in [5.41, 5.74) is 1.37. The molecule has 0 unspecified atom stereocenters. The zero-order chi connectivity index (χ0) is 18.1. The minimum atomic E-state index is -0.249. The fourth-order valence-electron chi connectivity index (χ4n) is 2.81. The van der Waals surface area contributed by atoms with Crippen LogP contribution in [-0.4, -0.2) is 27.3 Å². The van der Waals surface area contributed by atoms with Crippen LogP contribution in [0.25, 0.3) is 21.8 Å². The molecule has 0 saturated heterocycles. The van der Waals surface area contributed by atoms with Gasteiger partial charge in [0.05, 0.1) is 21.7 Å². The Hall–Kier alpha value is -2.93. The molecule has 1 N–H and O–H groups in total. The summed E-state index contributed by atoms with van der Waals surface area (Å²) in [6.07, 6.45) is 3.32. The molecule has 2 aromatic heterocycles. The minimum absolute atomic E-state index is 0.0962. The Bertz CT molecular complexity index is 1120. The number of carbonyl (C=O) groups is 1. The van der Waals surface area contributed by atoms with Crippen molar-refractivity contribution in [2.45, 2.75) is 0 Å². The van der Waals surface area contributed by atoms with Crippen LogP contribution in [0.15, 0.2) is 59.3 Å². The fourth-order valence-corrected chi connectivity index (χ4v) is 3.42. The molecule has 7 heteroatoms. The lowest BCUT2D eigenvalue weighted by Crippen LogP contribution is -2.20. The topological polar surface area (TPSA) is 69.0 Å². The van der Waals surface area contributed by atoms with E-state index in [1.807, 2.05) is 36.4 Å². The quantitative estimate of drug-likeness (QED) is 0.553. The predicted octanol–water partition coefficient (Wildman–Crippen LogP) is 3.90. The summed E-state index contributed by atoms with van der Waals surface area (Å²) in [6, 6.07) is 13.5. The number of nitrogens with zero attached hydrogens (tertiary/aromatic N) is 3. The molecule has 0 aliphatic carbocycles. The standard InChI is InChI=1S/C19H15BrN4O2/c1-24-19-14(10-22-24)15(8-9-21-19)23-17(25)11-26-16-7-6-12-4-2-3-5-13(12)18(16)20/h2-10H,11H2,1H3,(H,21,23,25). The molecule has 26 heavy (non-hydrogen) atoms. The van der Waals surface area contributed by atoms with Crippen molar-refractivity contribution in [2.75, 3.05) is 11.9 Å². The van der Waals surface area contributed by atoms with Gasteiger partial charge in [0.25, 0.3) is 5.91 Å². The average molecular weight is 411 g/mol.